The first-order valence-corrected chi connectivity index (χ1v) is 9.76. The van der Waals surface area contributed by atoms with Crippen molar-refractivity contribution in [2.75, 3.05) is 6.54 Å². The number of carbonyl (C=O) groups excluding carboxylic acids is 3. The van der Waals surface area contributed by atoms with E-state index in [4.69, 9.17) is 10.8 Å². The van der Waals surface area contributed by atoms with Gasteiger partial charge in [-0.3, -0.25) is 14.4 Å². The predicted octanol–water partition coefficient (Wildman–Crippen LogP) is 2.05. The van der Waals surface area contributed by atoms with Gasteiger partial charge >= 0.3 is 0 Å². The summed E-state index contributed by atoms with van der Waals surface area (Å²) in [6.45, 7) is 2.00. The van der Waals surface area contributed by atoms with Gasteiger partial charge in [-0.15, -0.1) is 0 Å². The highest BCUT2D eigenvalue weighted by molar-refractivity contribution is 5.91. The van der Waals surface area contributed by atoms with Crippen molar-refractivity contribution in [1.29, 1.82) is 0 Å². The largest absolute Gasteiger partial charge is 0.508 e. The van der Waals surface area contributed by atoms with Gasteiger partial charge in [0.05, 0.1) is 6.42 Å². The van der Waals surface area contributed by atoms with E-state index in [0.29, 0.717) is 6.42 Å². The SMILES string of the molecule is CCCCCCCC(=O)NC(CC(=O)NCCc1c(F)cc(O)cc1F)C(N)=O. The van der Waals surface area contributed by atoms with Crippen molar-refractivity contribution in [3.05, 3.63) is 29.3 Å². The van der Waals surface area contributed by atoms with Crippen LogP contribution in [0.25, 0.3) is 0 Å². The second kappa shape index (κ2) is 12.7. The molecule has 0 radical (unpaired) electrons. The minimum Gasteiger partial charge on any atom is -0.508 e. The van der Waals surface area contributed by atoms with E-state index in [1.54, 1.807) is 0 Å². The maximum absolute atomic E-state index is 13.6. The summed E-state index contributed by atoms with van der Waals surface area (Å²) >= 11 is 0. The number of hydrogen-bond donors (Lipinski definition) is 4. The van der Waals surface area contributed by atoms with E-state index in [2.05, 4.69) is 17.6 Å². The van der Waals surface area contributed by atoms with Crippen LogP contribution in [0.2, 0.25) is 0 Å². The molecule has 0 saturated carbocycles. The summed E-state index contributed by atoms with van der Waals surface area (Å²) in [6, 6.07) is 0.405. The van der Waals surface area contributed by atoms with Gasteiger partial charge in [0.2, 0.25) is 17.7 Å². The summed E-state index contributed by atoms with van der Waals surface area (Å²) in [4.78, 5) is 35.4. The Bertz CT molecular complexity index is 690. The molecule has 7 nitrogen and oxygen atoms in total. The molecule has 5 N–H and O–H groups in total. The number of nitrogens with two attached hydrogens (primary N) is 1. The van der Waals surface area contributed by atoms with Crippen molar-refractivity contribution in [3.8, 4) is 5.75 Å². The number of primary amides is 1. The number of unbranched alkanes of at least 4 members (excludes halogenated alkanes) is 4. The average Bonchev–Trinajstić information content (AvgIpc) is 2.63. The summed E-state index contributed by atoms with van der Waals surface area (Å²) in [7, 11) is 0. The number of halogens is 2. The Labute approximate surface area is 169 Å². The second-order valence-electron chi connectivity index (χ2n) is 6.88. The Morgan fingerprint density at radius 1 is 1.07 bits per heavy atom. The lowest BCUT2D eigenvalue weighted by atomic mass is 10.1. The molecule has 162 valence electrons. The quantitative estimate of drug-likeness (QED) is 0.370. The van der Waals surface area contributed by atoms with Gasteiger partial charge in [-0.05, 0) is 12.8 Å². The number of carbonyl (C=O) groups is 3. The molecule has 0 aliphatic carbocycles. The molecule has 1 aromatic carbocycles. The molecule has 1 rings (SSSR count). The van der Waals surface area contributed by atoms with Crippen molar-refractivity contribution in [1.82, 2.24) is 10.6 Å². The normalized spacial score (nSPS) is 11.7. The summed E-state index contributed by atoms with van der Waals surface area (Å²) in [6.07, 6.45) is 4.57. The van der Waals surface area contributed by atoms with Gasteiger partial charge < -0.3 is 21.5 Å². The molecule has 0 saturated heterocycles. The molecule has 9 heteroatoms. The predicted molar refractivity (Wildman–Crippen MR) is 104 cm³/mol. The maximum atomic E-state index is 13.6. The second-order valence-corrected chi connectivity index (χ2v) is 6.88. The van der Waals surface area contributed by atoms with Gasteiger partial charge in [0, 0.05) is 30.7 Å². The van der Waals surface area contributed by atoms with Crippen LogP contribution in [-0.4, -0.2) is 35.4 Å². The Balaban J connectivity index is 2.42. The fourth-order valence-corrected chi connectivity index (χ4v) is 2.79. The summed E-state index contributed by atoms with van der Waals surface area (Å²) in [5.41, 5.74) is 4.97. The summed E-state index contributed by atoms with van der Waals surface area (Å²) < 4.78 is 27.3. The zero-order valence-electron chi connectivity index (χ0n) is 16.6. The summed E-state index contributed by atoms with van der Waals surface area (Å²) in [5.74, 6) is -4.15. The number of phenolic OH excluding ortho intramolecular Hbond substituents is 1. The third-order valence-electron chi connectivity index (χ3n) is 4.40. The molecule has 0 aliphatic heterocycles. The molecule has 1 unspecified atom stereocenters. The minimum atomic E-state index is -1.15. The van der Waals surface area contributed by atoms with Crippen LogP contribution in [-0.2, 0) is 20.8 Å². The molecule has 0 heterocycles. The van der Waals surface area contributed by atoms with Crippen LogP contribution < -0.4 is 16.4 Å². The zero-order valence-corrected chi connectivity index (χ0v) is 16.6. The van der Waals surface area contributed by atoms with E-state index >= 15 is 0 Å². The zero-order chi connectivity index (χ0) is 21.8. The third kappa shape index (κ3) is 9.36. The van der Waals surface area contributed by atoms with Gasteiger partial charge in [-0.1, -0.05) is 32.6 Å². The first kappa shape index (κ1) is 24.3. The Morgan fingerprint density at radius 2 is 1.69 bits per heavy atom. The van der Waals surface area contributed by atoms with Crippen molar-refractivity contribution in [2.24, 2.45) is 5.73 Å². The highest BCUT2D eigenvalue weighted by atomic mass is 19.1. The van der Waals surface area contributed by atoms with Crippen LogP contribution in [0.4, 0.5) is 8.78 Å². The highest BCUT2D eigenvalue weighted by Crippen LogP contribution is 2.19. The van der Waals surface area contributed by atoms with E-state index in [1.807, 2.05) is 0 Å². The van der Waals surface area contributed by atoms with Crippen LogP contribution in [0, 0.1) is 11.6 Å². The monoisotopic (exact) mass is 413 g/mol. The van der Waals surface area contributed by atoms with Crippen molar-refractivity contribution in [3.63, 3.8) is 0 Å². The van der Waals surface area contributed by atoms with Gasteiger partial charge in [0.25, 0.3) is 0 Å². The van der Waals surface area contributed by atoms with E-state index in [0.717, 1.165) is 37.8 Å². The lowest BCUT2D eigenvalue weighted by Crippen LogP contribution is -2.47. The molecule has 0 fully saturated rings. The molecule has 0 spiro atoms. The smallest absolute Gasteiger partial charge is 0.240 e. The number of nitrogens with one attached hydrogen (secondary N) is 2. The van der Waals surface area contributed by atoms with Crippen molar-refractivity contribution in [2.45, 2.75) is 64.3 Å². The van der Waals surface area contributed by atoms with Crippen LogP contribution in [0.15, 0.2) is 12.1 Å². The number of rotatable bonds is 13. The lowest BCUT2D eigenvalue weighted by molar-refractivity contribution is -0.130. The van der Waals surface area contributed by atoms with Crippen LogP contribution in [0.5, 0.6) is 5.75 Å². The summed E-state index contributed by atoms with van der Waals surface area (Å²) in [5, 5.41) is 14.0. The van der Waals surface area contributed by atoms with E-state index in [-0.39, 0.29) is 37.3 Å². The fraction of sp³-hybridized carbons (Fsp3) is 0.550. The fourth-order valence-electron chi connectivity index (χ4n) is 2.79. The molecular weight excluding hydrogens is 384 g/mol. The molecule has 29 heavy (non-hydrogen) atoms. The van der Waals surface area contributed by atoms with Crippen LogP contribution >= 0.6 is 0 Å². The number of benzene rings is 1. The van der Waals surface area contributed by atoms with Crippen LogP contribution in [0.1, 0.15) is 57.4 Å². The van der Waals surface area contributed by atoms with E-state index < -0.39 is 35.2 Å². The van der Waals surface area contributed by atoms with E-state index in [9.17, 15) is 23.2 Å². The van der Waals surface area contributed by atoms with E-state index in [1.165, 1.54) is 0 Å². The molecular formula is C20H29F2N3O4. The van der Waals surface area contributed by atoms with Gasteiger partial charge in [-0.2, -0.15) is 0 Å². The molecule has 0 bridgehead atoms. The van der Waals surface area contributed by atoms with Gasteiger partial charge in [0.1, 0.15) is 23.4 Å². The molecule has 0 aromatic heterocycles. The molecule has 3 amide bonds. The van der Waals surface area contributed by atoms with Crippen molar-refractivity contribution < 1.29 is 28.3 Å². The first-order chi connectivity index (χ1) is 13.7. The maximum Gasteiger partial charge on any atom is 0.240 e. The Morgan fingerprint density at radius 3 is 2.28 bits per heavy atom. The first-order valence-electron chi connectivity index (χ1n) is 9.76. The van der Waals surface area contributed by atoms with Crippen LogP contribution in [0.3, 0.4) is 0 Å². The molecule has 1 atom stereocenters. The third-order valence-corrected chi connectivity index (χ3v) is 4.40. The number of amides is 3. The Kier molecular flexibility index (Phi) is 10.6. The van der Waals surface area contributed by atoms with Gasteiger partial charge in [-0.25, -0.2) is 8.78 Å². The standard InChI is InChI=1S/C20H29F2N3O4/c1-2-3-4-5-6-7-18(27)25-17(20(23)29)12-19(28)24-9-8-14-15(21)10-13(26)11-16(14)22/h10-11,17,26H,2-9,12H2,1H3,(H2,23,29)(H,24,28)(H,25,27). The topological polar surface area (TPSA) is 122 Å². The lowest BCUT2D eigenvalue weighted by Gasteiger charge is -2.15. The minimum absolute atomic E-state index is 0.0890. The number of hydrogen-bond acceptors (Lipinski definition) is 4. The Hall–Kier alpha value is -2.71. The van der Waals surface area contributed by atoms with Crippen molar-refractivity contribution >= 4 is 17.7 Å². The van der Waals surface area contributed by atoms with Gasteiger partial charge in [0.15, 0.2) is 0 Å². The average molecular weight is 413 g/mol. The molecule has 1 aromatic rings. The highest BCUT2D eigenvalue weighted by Gasteiger charge is 2.21. The number of aromatic hydroxyl groups is 1. The molecule has 0 aliphatic rings. The number of phenols is 1.